The summed E-state index contributed by atoms with van der Waals surface area (Å²) in [5.74, 6) is 1.60. The molecule has 108 valence electrons. The van der Waals surface area contributed by atoms with E-state index >= 15 is 0 Å². The van der Waals surface area contributed by atoms with Gasteiger partial charge in [0.25, 0.3) is 0 Å². The summed E-state index contributed by atoms with van der Waals surface area (Å²) in [5.41, 5.74) is 1.26. The summed E-state index contributed by atoms with van der Waals surface area (Å²) in [5, 5.41) is 11.8. The van der Waals surface area contributed by atoms with Crippen LogP contribution in [0.5, 0.6) is 17.2 Å². The minimum atomic E-state index is 0.485. The van der Waals surface area contributed by atoms with Gasteiger partial charge in [0.05, 0.1) is 26.9 Å². The summed E-state index contributed by atoms with van der Waals surface area (Å²) in [6.07, 6.45) is 3.41. The maximum Gasteiger partial charge on any atom is 0.203 e. The summed E-state index contributed by atoms with van der Waals surface area (Å²) in [7, 11) is 4.65. The fourth-order valence-electron chi connectivity index (χ4n) is 1.85. The Kier molecular flexibility index (Phi) is 4.80. The van der Waals surface area contributed by atoms with E-state index in [0.717, 1.165) is 5.56 Å². The number of hydrogen-bond donors (Lipinski definition) is 0. The zero-order valence-electron chi connectivity index (χ0n) is 11.9. The maximum atomic E-state index is 9.27. The van der Waals surface area contributed by atoms with Crippen LogP contribution < -0.4 is 14.2 Å². The molecule has 0 aliphatic rings. The van der Waals surface area contributed by atoms with E-state index in [1.807, 2.05) is 5.38 Å². The van der Waals surface area contributed by atoms with Crippen LogP contribution in [0.15, 0.2) is 23.7 Å². The van der Waals surface area contributed by atoms with Gasteiger partial charge >= 0.3 is 0 Å². The second-order valence-corrected chi connectivity index (χ2v) is 4.86. The summed E-state index contributed by atoms with van der Waals surface area (Å²) in [4.78, 5) is 4.14. The Hall–Kier alpha value is -2.52. The first-order valence-electron chi connectivity index (χ1n) is 6.05. The Morgan fingerprint density at radius 1 is 1.19 bits per heavy atom. The van der Waals surface area contributed by atoms with Crippen molar-refractivity contribution >= 4 is 23.0 Å². The molecule has 21 heavy (non-hydrogen) atoms. The Morgan fingerprint density at radius 2 is 1.86 bits per heavy atom. The molecule has 0 fully saturated rings. The molecule has 1 heterocycles. The van der Waals surface area contributed by atoms with E-state index in [9.17, 15) is 5.26 Å². The van der Waals surface area contributed by atoms with Gasteiger partial charge in [-0.15, -0.1) is 11.3 Å². The van der Waals surface area contributed by atoms with Crippen molar-refractivity contribution in [1.82, 2.24) is 4.98 Å². The third-order valence-corrected chi connectivity index (χ3v) is 3.59. The largest absolute Gasteiger partial charge is 0.493 e. The molecule has 6 heteroatoms. The van der Waals surface area contributed by atoms with Crippen LogP contribution in [0, 0.1) is 11.3 Å². The molecule has 2 rings (SSSR count). The number of ether oxygens (including phenoxy) is 3. The number of allylic oxidation sites excluding steroid dienone is 1. The molecule has 0 amide bonds. The quantitative estimate of drug-likeness (QED) is 0.793. The van der Waals surface area contributed by atoms with Crippen LogP contribution in [-0.4, -0.2) is 26.3 Å². The zero-order chi connectivity index (χ0) is 15.2. The molecule has 1 aromatic heterocycles. The van der Waals surface area contributed by atoms with Crippen LogP contribution in [0.1, 0.15) is 10.6 Å². The first kappa shape index (κ1) is 14.9. The fraction of sp³-hybridized carbons (Fsp3) is 0.200. The number of methoxy groups -OCH3 is 3. The molecule has 0 radical (unpaired) electrons. The summed E-state index contributed by atoms with van der Waals surface area (Å²) >= 11 is 1.41. The van der Waals surface area contributed by atoms with E-state index < -0.39 is 0 Å². The number of rotatable bonds is 5. The van der Waals surface area contributed by atoms with E-state index in [1.165, 1.54) is 11.3 Å². The molecule has 0 saturated carbocycles. The predicted molar refractivity (Wildman–Crippen MR) is 81.7 cm³/mol. The molecule has 1 aromatic carbocycles. The lowest BCUT2D eigenvalue weighted by Crippen LogP contribution is -1.95. The van der Waals surface area contributed by atoms with E-state index in [-0.39, 0.29) is 0 Å². The third-order valence-electron chi connectivity index (χ3n) is 2.78. The van der Waals surface area contributed by atoms with Gasteiger partial charge in [0.1, 0.15) is 11.1 Å². The van der Waals surface area contributed by atoms with E-state index in [0.29, 0.717) is 27.8 Å². The second-order valence-electron chi connectivity index (χ2n) is 3.97. The van der Waals surface area contributed by atoms with Gasteiger partial charge in [0, 0.05) is 11.6 Å². The van der Waals surface area contributed by atoms with Gasteiger partial charge in [-0.2, -0.15) is 5.26 Å². The SMILES string of the molecule is COc1cc(/C=C(\C#N)c2nccs2)cc(OC)c1OC. The lowest BCUT2D eigenvalue weighted by atomic mass is 10.1. The lowest BCUT2D eigenvalue weighted by Gasteiger charge is -2.12. The molecule has 2 aromatic rings. The van der Waals surface area contributed by atoms with Crippen LogP contribution in [0.4, 0.5) is 0 Å². The van der Waals surface area contributed by atoms with Gasteiger partial charge in [-0.1, -0.05) is 0 Å². The van der Waals surface area contributed by atoms with Gasteiger partial charge in [-0.3, -0.25) is 0 Å². The molecular formula is C15H14N2O3S. The first-order valence-corrected chi connectivity index (χ1v) is 6.93. The van der Waals surface area contributed by atoms with Crippen molar-refractivity contribution in [3.05, 3.63) is 34.3 Å². The van der Waals surface area contributed by atoms with Crippen molar-refractivity contribution in [1.29, 1.82) is 5.26 Å². The minimum Gasteiger partial charge on any atom is -0.493 e. The van der Waals surface area contributed by atoms with Crippen LogP contribution in [-0.2, 0) is 0 Å². The number of benzene rings is 1. The zero-order valence-corrected chi connectivity index (χ0v) is 12.7. The van der Waals surface area contributed by atoms with Crippen LogP contribution >= 0.6 is 11.3 Å². The fourth-order valence-corrected chi connectivity index (χ4v) is 2.45. The predicted octanol–water partition coefficient (Wildman–Crippen LogP) is 3.23. The van der Waals surface area contributed by atoms with Crippen molar-refractivity contribution in [2.75, 3.05) is 21.3 Å². The topological polar surface area (TPSA) is 64.4 Å². The Balaban J connectivity index is 2.52. The molecule has 5 nitrogen and oxygen atoms in total. The number of nitrogens with zero attached hydrogens (tertiary/aromatic N) is 2. The number of thiazole rings is 1. The molecule has 0 bridgehead atoms. The van der Waals surface area contributed by atoms with Crippen molar-refractivity contribution in [2.45, 2.75) is 0 Å². The number of aromatic nitrogens is 1. The highest BCUT2D eigenvalue weighted by Gasteiger charge is 2.13. The van der Waals surface area contributed by atoms with Gasteiger partial charge in [-0.05, 0) is 23.8 Å². The highest BCUT2D eigenvalue weighted by Crippen LogP contribution is 2.39. The summed E-state index contributed by atoms with van der Waals surface area (Å²) in [6, 6.07) is 5.72. The van der Waals surface area contributed by atoms with Crippen LogP contribution in [0.25, 0.3) is 11.6 Å². The van der Waals surface area contributed by atoms with Gasteiger partial charge in [0.15, 0.2) is 11.5 Å². The summed E-state index contributed by atoms with van der Waals surface area (Å²) < 4.78 is 15.9. The van der Waals surface area contributed by atoms with E-state index in [1.54, 1.807) is 45.7 Å². The smallest absolute Gasteiger partial charge is 0.203 e. The van der Waals surface area contributed by atoms with Crippen molar-refractivity contribution in [3.8, 4) is 23.3 Å². The third kappa shape index (κ3) is 3.15. The van der Waals surface area contributed by atoms with Crippen molar-refractivity contribution in [2.24, 2.45) is 0 Å². The molecule has 0 N–H and O–H groups in total. The van der Waals surface area contributed by atoms with Crippen LogP contribution in [0.3, 0.4) is 0 Å². The number of nitriles is 1. The maximum absolute atomic E-state index is 9.27. The normalized spacial score (nSPS) is 10.9. The Morgan fingerprint density at radius 3 is 2.29 bits per heavy atom. The standard InChI is InChI=1S/C15H14N2O3S/c1-18-12-7-10(8-13(19-2)14(12)20-3)6-11(9-16)15-17-4-5-21-15/h4-8H,1-3H3/b11-6+. The molecular weight excluding hydrogens is 288 g/mol. The van der Waals surface area contributed by atoms with E-state index in [2.05, 4.69) is 11.1 Å². The molecule has 0 atom stereocenters. The highest BCUT2D eigenvalue weighted by molar-refractivity contribution is 7.10. The molecule has 0 saturated heterocycles. The Bertz CT molecular complexity index is 662. The van der Waals surface area contributed by atoms with E-state index in [4.69, 9.17) is 14.2 Å². The average Bonchev–Trinajstić information content (AvgIpc) is 3.05. The lowest BCUT2D eigenvalue weighted by molar-refractivity contribution is 0.324. The van der Waals surface area contributed by atoms with Gasteiger partial charge in [-0.25, -0.2) is 4.98 Å². The average molecular weight is 302 g/mol. The minimum absolute atomic E-state index is 0.485. The second kappa shape index (κ2) is 6.77. The van der Waals surface area contributed by atoms with Gasteiger partial charge in [0.2, 0.25) is 5.75 Å². The molecule has 0 aliphatic heterocycles. The Labute approximate surface area is 127 Å². The van der Waals surface area contributed by atoms with Crippen molar-refractivity contribution < 1.29 is 14.2 Å². The van der Waals surface area contributed by atoms with Crippen molar-refractivity contribution in [3.63, 3.8) is 0 Å². The molecule has 0 unspecified atom stereocenters. The first-order chi connectivity index (χ1) is 10.2. The monoisotopic (exact) mass is 302 g/mol. The molecule has 0 spiro atoms. The summed E-state index contributed by atoms with van der Waals surface area (Å²) in [6.45, 7) is 0. The van der Waals surface area contributed by atoms with Gasteiger partial charge < -0.3 is 14.2 Å². The number of hydrogen-bond acceptors (Lipinski definition) is 6. The van der Waals surface area contributed by atoms with Crippen LogP contribution in [0.2, 0.25) is 0 Å². The molecule has 0 aliphatic carbocycles. The highest BCUT2D eigenvalue weighted by atomic mass is 32.1.